The Hall–Kier alpha value is -8.46. The van der Waals surface area contributed by atoms with E-state index in [0.29, 0.717) is 0 Å². The average Bonchev–Trinajstić information content (AvgIpc) is 3.40. The molecule has 0 N–H and O–H groups in total. The van der Waals surface area contributed by atoms with Gasteiger partial charge in [-0.3, -0.25) is 0 Å². The third kappa shape index (κ3) is 7.19. The first-order valence-electron chi connectivity index (χ1n) is 22.9. The van der Waals surface area contributed by atoms with Gasteiger partial charge in [0, 0.05) is 45.7 Å². The van der Waals surface area contributed by atoms with E-state index in [0.717, 1.165) is 28.3 Å². The van der Waals surface area contributed by atoms with E-state index in [9.17, 15) is 0 Å². The van der Waals surface area contributed by atoms with E-state index in [2.05, 4.69) is 277 Å². The van der Waals surface area contributed by atoms with Crippen molar-refractivity contribution < 1.29 is 0 Å². The lowest BCUT2D eigenvalue weighted by molar-refractivity contribution is 0.643. The molecule has 2 atom stereocenters. The monoisotopic (exact) mass is 842 g/mol. The van der Waals surface area contributed by atoms with Gasteiger partial charge in [-0.25, -0.2) is 0 Å². The number of fused-ring (bicyclic) bond motifs is 6. The summed E-state index contributed by atoms with van der Waals surface area (Å²) in [6.45, 7) is 0. The zero-order chi connectivity index (χ0) is 43.8. The minimum Gasteiger partial charge on any atom is -0.313 e. The smallest absolute Gasteiger partial charge is 0.0543 e. The van der Waals surface area contributed by atoms with Crippen molar-refractivity contribution in [3.05, 3.63) is 278 Å². The van der Waals surface area contributed by atoms with Crippen LogP contribution in [-0.2, 0) is 0 Å². The fourth-order valence-electron chi connectivity index (χ4n) is 10.2. The van der Waals surface area contributed by atoms with Crippen LogP contribution in [0.1, 0.15) is 17.0 Å². The Kier molecular flexibility index (Phi) is 10.0. The van der Waals surface area contributed by atoms with Crippen molar-refractivity contribution in [1.29, 1.82) is 0 Å². The maximum atomic E-state index is 2.53. The van der Waals surface area contributed by atoms with Crippen molar-refractivity contribution in [2.45, 2.75) is 5.92 Å². The molecule has 0 saturated heterocycles. The van der Waals surface area contributed by atoms with Crippen LogP contribution in [0, 0.1) is 5.92 Å². The average molecular weight is 843 g/mol. The van der Waals surface area contributed by atoms with Crippen molar-refractivity contribution in [2.24, 2.45) is 5.92 Å². The van der Waals surface area contributed by atoms with Crippen LogP contribution in [-0.4, -0.2) is 0 Å². The van der Waals surface area contributed by atoms with Crippen molar-refractivity contribution in [3.8, 4) is 33.4 Å². The lowest BCUT2D eigenvalue weighted by Crippen LogP contribution is -2.29. The standard InChI is InChI=1S/C64H46N2/c1-3-15-45(16-4-1)47-27-35-53(36-28-47)65(54-37-29-48(30-38-54)46-17-5-2-6-18-46)55-39-31-49(32-40-55)50-33-41-56(42-34-50)66(63-43-51-19-7-9-21-57(51)59-23-11-13-25-61(59)63)64-44-52-20-8-10-22-58(52)60-24-12-14-26-62(60)64/h1-44,59,61H. The van der Waals surface area contributed by atoms with Gasteiger partial charge in [-0.1, -0.05) is 206 Å². The molecule has 0 aromatic heterocycles. The van der Waals surface area contributed by atoms with Crippen molar-refractivity contribution >= 4 is 56.1 Å². The van der Waals surface area contributed by atoms with Crippen LogP contribution in [0.2, 0.25) is 0 Å². The van der Waals surface area contributed by atoms with Gasteiger partial charge in [0.2, 0.25) is 0 Å². The zero-order valence-corrected chi connectivity index (χ0v) is 36.5. The molecule has 0 heterocycles. The summed E-state index contributed by atoms with van der Waals surface area (Å²) in [5, 5.41) is 4.99. The number of rotatable bonds is 9. The van der Waals surface area contributed by atoms with Crippen LogP contribution in [0.5, 0.6) is 0 Å². The summed E-state index contributed by atoms with van der Waals surface area (Å²) in [6.07, 6.45) is 11.6. The molecule has 0 saturated carbocycles. The Labute approximate surface area is 387 Å². The van der Waals surface area contributed by atoms with Gasteiger partial charge in [0.1, 0.15) is 0 Å². The highest BCUT2D eigenvalue weighted by Gasteiger charge is 2.34. The summed E-state index contributed by atoms with van der Waals surface area (Å²) < 4.78 is 0. The van der Waals surface area contributed by atoms with E-state index in [1.165, 1.54) is 71.9 Å². The molecule has 312 valence electrons. The third-order valence-corrected chi connectivity index (χ3v) is 13.4. The fraction of sp³-hybridized carbons (Fsp3) is 0.0312. The first-order valence-corrected chi connectivity index (χ1v) is 22.9. The first-order chi connectivity index (χ1) is 32.7. The highest BCUT2D eigenvalue weighted by Crippen LogP contribution is 2.49. The second kappa shape index (κ2) is 16.9. The van der Waals surface area contributed by atoms with Crippen LogP contribution in [0.3, 0.4) is 0 Å². The Balaban J connectivity index is 0.929. The molecule has 0 bridgehead atoms. The summed E-state index contributed by atoms with van der Waals surface area (Å²) in [5.74, 6) is 0.427. The molecule has 2 heteroatoms. The molecule has 2 aliphatic carbocycles. The van der Waals surface area contributed by atoms with Crippen molar-refractivity contribution in [2.75, 3.05) is 9.80 Å². The summed E-state index contributed by atoms with van der Waals surface area (Å²) in [5.41, 5.74) is 16.7. The molecule has 0 amide bonds. The summed E-state index contributed by atoms with van der Waals surface area (Å²) >= 11 is 0. The highest BCUT2D eigenvalue weighted by atomic mass is 15.2. The van der Waals surface area contributed by atoms with Crippen molar-refractivity contribution in [1.82, 2.24) is 0 Å². The Bertz CT molecular complexity index is 3360. The molecule has 0 aliphatic heterocycles. The highest BCUT2D eigenvalue weighted by molar-refractivity contribution is 6.14. The van der Waals surface area contributed by atoms with E-state index < -0.39 is 0 Å². The number of nitrogens with zero attached hydrogens (tertiary/aromatic N) is 2. The minimum absolute atomic E-state index is 0.175. The number of anilines is 5. The Morgan fingerprint density at radius 1 is 0.303 bits per heavy atom. The third-order valence-electron chi connectivity index (χ3n) is 13.4. The second-order valence-electron chi connectivity index (χ2n) is 17.3. The van der Waals surface area contributed by atoms with Gasteiger partial charge >= 0.3 is 0 Å². The van der Waals surface area contributed by atoms with E-state index in [1.54, 1.807) is 0 Å². The maximum absolute atomic E-state index is 2.53. The summed E-state index contributed by atoms with van der Waals surface area (Å²) in [4.78, 5) is 4.88. The quantitative estimate of drug-likeness (QED) is 0.134. The van der Waals surface area contributed by atoms with Gasteiger partial charge in [-0.15, -0.1) is 0 Å². The van der Waals surface area contributed by atoms with Crippen LogP contribution >= 0.6 is 0 Å². The SMILES string of the molecule is C1=CC2C(N(c3ccc(-c4ccc(N(c5ccc(-c6ccccc6)cc5)c5ccc(-c6ccccc6)cc5)cc4)cc3)c3cc4ccccc4c4ccccc34)=Cc3ccccc3C2C=C1. The summed E-state index contributed by atoms with van der Waals surface area (Å²) in [7, 11) is 0. The molecular formula is C64H46N2. The van der Waals surface area contributed by atoms with Gasteiger partial charge in [-0.05, 0) is 121 Å². The Morgan fingerprint density at radius 3 is 1.26 bits per heavy atom. The predicted molar refractivity (Wildman–Crippen MR) is 280 cm³/mol. The lowest BCUT2D eigenvalue weighted by Gasteiger charge is -2.39. The normalized spacial score (nSPS) is 14.9. The molecule has 2 unspecified atom stereocenters. The predicted octanol–water partition coefficient (Wildman–Crippen LogP) is 17.5. The molecule has 2 aliphatic rings. The topological polar surface area (TPSA) is 6.48 Å². The van der Waals surface area contributed by atoms with Gasteiger partial charge in [-0.2, -0.15) is 0 Å². The van der Waals surface area contributed by atoms with Crippen LogP contribution in [0.4, 0.5) is 28.4 Å². The Morgan fingerprint density at radius 2 is 0.712 bits per heavy atom. The number of allylic oxidation sites excluding steroid dienone is 4. The van der Waals surface area contributed by atoms with Crippen LogP contribution < -0.4 is 9.80 Å². The van der Waals surface area contributed by atoms with Gasteiger partial charge in [0.15, 0.2) is 0 Å². The van der Waals surface area contributed by atoms with Crippen molar-refractivity contribution in [3.63, 3.8) is 0 Å². The maximum Gasteiger partial charge on any atom is 0.0543 e. The van der Waals surface area contributed by atoms with Gasteiger partial charge in [0.25, 0.3) is 0 Å². The van der Waals surface area contributed by atoms with E-state index >= 15 is 0 Å². The fourth-order valence-corrected chi connectivity index (χ4v) is 10.2. The largest absolute Gasteiger partial charge is 0.313 e. The molecule has 2 nitrogen and oxygen atoms in total. The second-order valence-corrected chi connectivity index (χ2v) is 17.3. The summed E-state index contributed by atoms with van der Waals surface area (Å²) in [6, 6.07) is 86.1. The van der Waals surface area contributed by atoms with Crippen LogP contribution in [0.25, 0.3) is 61.0 Å². The zero-order valence-electron chi connectivity index (χ0n) is 36.5. The van der Waals surface area contributed by atoms with Crippen LogP contribution in [0.15, 0.2) is 267 Å². The molecular weight excluding hydrogens is 797 g/mol. The van der Waals surface area contributed by atoms with Gasteiger partial charge in [0.05, 0.1) is 5.69 Å². The molecule has 12 rings (SSSR count). The lowest BCUT2D eigenvalue weighted by atomic mass is 9.74. The van der Waals surface area contributed by atoms with E-state index in [-0.39, 0.29) is 11.8 Å². The molecule has 10 aromatic rings. The van der Waals surface area contributed by atoms with E-state index in [4.69, 9.17) is 0 Å². The van der Waals surface area contributed by atoms with E-state index in [1.807, 2.05) is 0 Å². The molecule has 0 spiro atoms. The molecule has 0 radical (unpaired) electrons. The first kappa shape index (κ1) is 39.2. The molecule has 10 aromatic carbocycles. The number of hydrogen-bond acceptors (Lipinski definition) is 2. The number of hydrogen-bond donors (Lipinski definition) is 0. The van der Waals surface area contributed by atoms with Gasteiger partial charge < -0.3 is 9.80 Å². The number of benzene rings is 10. The minimum atomic E-state index is 0.175. The molecule has 0 fully saturated rings. The molecule has 66 heavy (non-hydrogen) atoms.